The summed E-state index contributed by atoms with van der Waals surface area (Å²) < 4.78 is 0. The number of benzene rings is 1. The number of hydrogen-bond acceptors (Lipinski definition) is 5. The number of nitrogens with zero attached hydrogens (tertiary/aromatic N) is 3. The predicted octanol–water partition coefficient (Wildman–Crippen LogP) is 4.24. The Labute approximate surface area is 154 Å². The molecule has 0 aliphatic rings. The van der Waals surface area contributed by atoms with Gasteiger partial charge >= 0.3 is 0 Å². The number of pyridine rings is 2. The fourth-order valence-electron chi connectivity index (χ4n) is 2.77. The number of carbonyl (C=O) groups excluding carboxylic acids is 1. The number of thiazole rings is 1. The number of amides is 1. The lowest BCUT2D eigenvalue weighted by atomic mass is 10.0. The Balaban J connectivity index is 1.65. The molecule has 1 N–H and O–H groups in total. The molecule has 0 saturated carbocycles. The number of nitrogens with one attached hydrogen (secondary N) is 1. The van der Waals surface area contributed by atoms with Gasteiger partial charge in [0, 0.05) is 28.7 Å². The summed E-state index contributed by atoms with van der Waals surface area (Å²) in [5, 5.41) is 6.39. The molecule has 0 radical (unpaired) electrons. The quantitative estimate of drug-likeness (QED) is 0.591. The van der Waals surface area contributed by atoms with Crippen molar-refractivity contribution in [1.29, 1.82) is 0 Å². The number of carbonyl (C=O) groups is 1. The Bertz CT molecular complexity index is 1080. The summed E-state index contributed by atoms with van der Waals surface area (Å²) in [4.78, 5) is 25.6. The highest BCUT2D eigenvalue weighted by atomic mass is 32.1. The van der Waals surface area contributed by atoms with Gasteiger partial charge in [-0.25, -0.2) is 9.97 Å². The summed E-state index contributed by atoms with van der Waals surface area (Å²) in [7, 11) is 0. The summed E-state index contributed by atoms with van der Waals surface area (Å²) in [6.45, 7) is 1.90. The zero-order valence-corrected chi connectivity index (χ0v) is 15.0. The van der Waals surface area contributed by atoms with E-state index < -0.39 is 0 Å². The first-order valence-corrected chi connectivity index (χ1v) is 9.08. The summed E-state index contributed by atoms with van der Waals surface area (Å²) in [5.41, 5.74) is 4.41. The Morgan fingerprint density at radius 2 is 2.04 bits per heavy atom. The molecular weight excluding hydrogens is 344 g/mol. The van der Waals surface area contributed by atoms with Gasteiger partial charge in [0.25, 0.3) is 0 Å². The SMILES string of the molecule is Cc1csc(NC(=O)Cc2cccc3ccc(-c4cccnc4)nc23)n1. The van der Waals surface area contributed by atoms with Crippen molar-refractivity contribution in [3.63, 3.8) is 0 Å². The Hall–Kier alpha value is -3.12. The van der Waals surface area contributed by atoms with Crippen LogP contribution in [0.25, 0.3) is 22.2 Å². The zero-order chi connectivity index (χ0) is 17.9. The van der Waals surface area contributed by atoms with E-state index >= 15 is 0 Å². The van der Waals surface area contributed by atoms with E-state index in [-0.39, 0.29) is 12.3 Å². The van der Waals surface area contributed by atoms with Crippen molar-refractivity contribution in [2.45, 2.75) is 13.3 Å². The molecule has 3 heterocycles. The number of aryl methyl sites for hydroxylation is 1. The maximum Gasteiger partial charge on any atom is 0.230 e. The maximum atomic E-state index is 12.4. The van der Waals surface area contributed by atoms with Crippen LogP contribution >= 0.6 is 11.3 Å². The molecule has 1 aromatic carbocycles. The molecule has 0 bridgehead atoms. The van der Waals surface area contributed by atoms with E-state index in [4.69, 9.17) is 4.98 Å². The van der Waals surface area contributed by atoms with Crippen LogP contribution in [0.3, 0.4) is 0 Å². The second-order valence-corrected chi connectivity index (χ2v) is 6.80. The smallest absolute Gasteiger partial charge is 0.230 e. The van der Waals surface area contributed by atoms with Crippen LogP contribution in [0.5, 0.6) is 0 Å². The molecular formula is C20H16N4OS. The minimum Gasteiger partial charge on any atom is -0.302 e. The van der Waals surface area contributed by atoms with Gasteiger partial charge in [0.1, 0.15) is 0 Å². The fraction of sp³-hybridized carbons (Fsp3) is 0.100. The number of para-hydroxylation sites is 1. The minimum absolute atomic E-state index is 0.0968. The summed E-state index contributed by atoms with van der Waals surface area (Å²) >= 11 is 1.43. The third-order valence-corrected chi connectivity index (χ3v) is 4.85. The van der Waals surface area contributed by atoms with Gasteiger partial charge in [-0.05, 0) is 30.7 Å². The third-order valence-electron chi connectivity index (χ3n) is 3.98. The van der Waals surface area contributed by atoms with E-state index in [2.05, 4.69) is 15.3 Å². The molecule has 0 fully saturated rings. The molecule has 0 saturated heterocycles. The van der Waals surface area contributed by atoms with Crippen LogP contribution in [0, 0.1) is 6.92 Å². The van der Waals surface area contributed by atoms with Gasteiger partial charge in [0.2, 0.25) is 5.91 Å². The van der Waals surface area contributed by atoms with E-state index in [0.29, 0.717) is 5.13 Å². The van der Waals surface area contributed by atoms with Crippen molar-refractivity contribution in [2.75, 3.05) is 5.32 Å². The highest BCUT2D eigenvalue weighted by molar-refractivity contribution is 7.13. The van der Waals surface area contributed by atoms with Crippen LogP contribution < -0.4 is 5.32 Å². The molecule has 6 heteroatoms. The molecule has 128 valence electrons. The van der Waals surface area contributed by atoms with Gasteiger partial charge in [0.05, 0.1) is 23.3 Å². The van der Waals surface area contributed by atoms with Crippen LogP contribution in [0.15, 0.2) is 60.2 Å². The van der Waals surface area contributed by atoms with Gasteiger partial charge < -0.3 is 5.32 Å². The largest absolute Gasteiger partial charge is 0.302 e. The normalized spacial score (nSPS) is 10.8. The van der Waals surface area contributed by atoms with E-state index in [1.807, 2.05) is 54.8 Å². The van der Waals surface area contributed by atoms with E-state index in [1.165, 1.54) is 11.3 Å². The Morgan fingerprint density at radius 1 is 1.12 bits per heavy atom. The lowest BCUT2D eigenvalue weighted by Crippen LogP contribution is -2.14. The molecule has 0 aliphatic carbocycles. The minimum atomic E-state index is -0.0968. The first-order valence-electron chi connectivity index (χ1n) is 8.20. The van der Waals surface area contributed by atoms with Crippen LogP contribution in [0.2, 0.25) is 0 Å². The van der Waals surface area contributed by atoms with E-state index in [9.17, 15) is 4.79 Å². The summed E-state index contributed by atoms with van der Waals surface area (Å²) in [6.07, 6.45) is 3.77. The zero-order valence-electron chi connectivity index (χ0n) is 14.1. The van der Waals surface area contributed by atoms with Gasteiger partial charge in [0.15, 0.2) is 5.13 Å². The monoisotopic (exact) mass is 360 g/mol. The average Bonchev–Trinajstić information content (AvgIpc) is 3.07. The van der Waals surface area contributed by atoms with Crippen molar-refractivity contribution < 1.29 is 4.79 Å². The topological polar surface area (TPSA) is 67.8 Å². The molecule has 26 heavy (non-hydrogen) atoms. The lowest BCUT2D eigenvalue weighted by Gasteiger charge is -2.08. The number of rotatable bonds is 4. The number of anilines is 1. The van der Waals surface area contributed by atoms with Gasteiger partial charge in [-0.15, -0.1) is 11.3 Å². The lowest BCUT2D eigenvalue weighted by molar-refractivity contribution is -0.115. The molecule has 0 atom stereocenters. The summed E-state index contributed by atoms with van der Waals surface area (Å²) in [5.74, 6) is -0.0968. The molecule has 0 unspecified atom stereocenters. The van der Waals surface area contributed by atoms with Crippen LogP contribution in [-0.4, -0.2) is 20.9 Å². The van der Waals surface area contributed by atoms with Crippen LogP contribution in [-0.2, 0) is 11.2 Å². The highest BCUT2D eigenvalue weighted by Crippen LogP contribution is 2.23. The maximum absolute atomic E-state index is 12.4. The number of fused-ring (bicyclic) bond motifs is 1. The third kappa shape index (κ3) is 3.45. The van der Waals surface area contributed by atoms with Crippen molar-refractivity contribution in [3.8, 4) is 11.3 Å². The first-order chi connectivity index (χ1) is 12.7. The average molecular weight is 360 g/mol. The standard InChI is InChI=1S/C20H16N4OS/c1-13-12-26-20(22-13)24-18(25)10-15-5-2-4-14-7-8-17(23-19(14)15)16-6-3-9-21-11-16/h2-9,11-12H,10H2,1H3,(H,22,24,25). The van der Waals surface area contributed by atoms with E-state index in [0.717, 1.165) is 33.4 Å². The van der Waals surface area contributed by atoms with Gasteiger partial charge in [-0.2, -0.15) is 0 Å². The van der Waals surface area contributed by atoms with Gasteiger partial charge in [-0.1, -0.05) is 24.3 Å². The molecule has 0 spiro atoms. The van der Waals surface area contributed by atoms with E-state index in [1.54, 1.807) is 12.4 Å². The van der Waals surface area contributed by atoms with Crippen molar-refractivity contribution in [3.05, 3.63) is 71.5 Å². The second-order valence-electron chi connectivity index (χ2n) is 5.95. The first kappa shape index (κ1) is 16.4. The van der Waals surface area contributed by atoms with Gasteiger partial charge in [-0.3, -0.25) is 9.78 Å². The molecule has 5 nitrogen and oxygen atoms in total. The highest BCUT2D eigenvalue weighted by Gasteiger charge is 2.11. The number of aromatic nitrogens is 3. The molecule has 4 aromatic rings. The molecule has 4 rings (SSSR count). The Kier molecular flexibility index (Phi) is 4.41. The fourth-order valence-corrected chi connectivity index (χ4v) is 3.48. The van der Waals surface area contributed by atoms with Crippen LogP contribution in [0.4, 0.5) is 5.13 Å². The van der Waals surface area contributed by atoms with Crippen molar-refractivity contribution in [1.82, 2.24) is 15.0 Å². The Morgan fingerprint density at radius 3 is 2.81 bits per heavy atom. The predicted molar refractivity (Wildman–Crippen MR) is 104 cm³/mol. The van der Waals surface area contributed by atoms with Crippen LogP contribution in [0.1, 0.15) is 11.3 Å². The second kappa shape index (κ2) is 7.01. The summed E-state index contributed by atoms with van der Waals surface area (Å²) in [6, 6.07) is 13.7. The molecule has 0 aliphatic heterocycles. The van der Waals surface area contributed by atoms with Crippen molar-refractivity contribution in [2.24, 2.45) is 0 Å². The molecule has 1 amide bonds. The molecule has 3 aromatic heterocycles. The number of hydrogen-bond donors (Lipinski definition) is 1. The van der Waals surface area contributed by atoms with Crippen molar-refractivity contribution >= 4 is 33.3 Å².